The molecule has 0 aromatic heterocycles. The van der Waals surface area contributed by atoms with Gasteiger partial charge in [-0.05, 0) is 24.7 Å². The summed E-state index contributed by atoms with van der Waals surface area (Å²) in [5, 5.41) is 2.74. The van der Waals surface area contributed by atoms with E-state index in [1.54, 1.807) is 0 Å². The molecule has 0 aliphatic heterocycles. The molecule has 0 aliphatic rings. The Kier molecular flexibility index (Phi) is 9.69. The van der Waals surface area contributed by atoms with Crippen LogP contribution in [0.1, 0.15) is 0 Å². The Morgan fingerprint density at radius 3 is 1.53 bits per heavy atom. The second-order valence-corrected chi connectivity index (χ2v) is 8.60. The molecule has 0 unspecified atom stereocenters. The van der Waals surface area contributed by atoms with Gasteiger partial charge in [0.1, 0.15) is 0 Å². The molecule has 5 heteroatoms. The summed E-state index contributed by atoms with van der Waals surface area (Å²) < 4.78 is 0. The van der Waals surface area contributed by atoms with Gasteiger partial charge in [0.2, 0.25) is 0 Å². The van der Waals surface area contributed by atoms with E-state index in [1.807, 2.05) is 12.1 Å². The van der Waals surface area contributed by atoms with Crippen molar-refractivity contribution in [3.8, 4) is 0 Å². The second kappa shape index (κ2) is 10.8. The molecule has 2 rings (SSSR count). The fourth-order valence-electron chi connectivity index (χ4n) is 1.73. The molecule has 0 atom stereocenters. The number of nitrogens with one attached hydrogen (secondary N) is 1. The normalized spacial score (nSPS) is 10.1. The zero-order valence-corrected chi connectivity index (χ0v) is 14.4. The van der Waals surface area contributed by atoms with Crippen LogP contribution in [-0.4, -0.2) is 12.7 Å². The van der Waals surface area contributed by atoms with Crippen molar-refractivity contribution in [1.29, 1.82) is 0 Å². The van der Waals surface area contributed by atoms with Crippen LogP contribution in [0.5, 0.6) is 0 Å². The van der Waals surface area contributed by atoms with Crippen LogP contribution in [0.15, 0.2) is 60.7 Å². The minimum atomic E-state index is -0.346. The van der Waals surface area contributed by atoms with Crippen LogP contribution >= 0.6 is 27.3 Å². The Labute approximate surface area is 131 Å². The van der Waals surface area contributed by atoms with Crippen LogP contribution < -0.4 is 10.6 Å². The molecule has 0 aliphatic carbocycles. The summed E-state index contributed by atoms with van der Waals surface area (Å²) in [6, 6.07) is 21.1. The summed E-state index contributed by atoms with van der Waals surface area (Å²) in [6.45, 7) is 0.496. The Hall–Kier alpha value is 0.0334. The van der Waals surface area contributed by atoms with Crippen molar-refractivity contribution in [2.75, 3.05) is 12.7 Å². The molecule has 2 aromatic rings. The van der Waals surface area contributed by atoms with Crippen molar-refractivity contribution >= 4 is 37.9 Å². The van der Waals surface area contributed by atoms with Crippen LogP contribution in [0.4, 0.5) is 0 Å². The van der Waals surface area contributed by atoms with Crippen molar-refractivity contribution < 1.29 is 15.1 Å². The van der Waals surface area contributed by atoms with Gasteiger partial charge in [-0.2, -0.15) is 0 Å². The summed E-state index contributed by atoms with van der Waals surface area (Å²) in [6.07, 6.45) is 0.948. The number of benzene rings is 2. The fraction of sp³-hybridized carbons (Fsp3) is 0.143. The van der Waals surface area contributed by atoms with E-state index in [0.717, 1.165) is 6.16 Å². The van der Waals surface area contributed by atoms with Gasteiger partial charge in [-0.25, -0.2) is 0 Å². The van der Waals surface area contributed by atoms with Crippen LogP contribution in [0, 0.1) is 0 Å². The molecule has 0 saturated heterocycles. The van der Waals surface area contributed by atoms with Gasteiger partial charge < -0.3 is 5.73 Å². The standard InChI is InChI=1S/C14H15NP.2ClH.Ru/c15-11-12-16(13-7-3-1-4-8-13)14-9-5-2-6-10-14;;;/h1-10,15H,11-12H2;2*1H;/q-1;;;+2/p-2. The molecule has 0 fully saturated rings. The third kappa shape index (κ3) is 6.34. The average molecular weight is 400 g/mol. The quantitative estimate of drug-likeness (QED) is 0.532. The van der Waals surface area contributed by atoms with E-state index in [-0.39, 0.29) is 23.1 Å². The van der Waals surface area contributed by atoms with Crippen LogP contribution in [-0.2, 0) is 15.1 Å². The van der Waals surface area contributed by atoms with Gasteiger partial charge in [-0.3, -0.25) is 0 Å². The van der Waals surface area contributed by atoms with E-state index in [9.17, 15) is 0 Å². The molecular formula is C14H15Cl2NPRu-. The van der Waals surface area contributed by atoms with Gasteiger partial charge in [-0.1, -0.05) is 60.7 Å². The van der Waals surface area contributed by atoms with Gasteiger partial charge >= 0.3 is 34.5 Å². The van der Waals surface area contributed by atoms with E-state index >= 15 is 0 Å². The van der Waals surface area contributed by atoms with Crippen LogP contribution in [0.25, 0.3) is 5.73 Å². The van der Waals surface area contributed by atoms with Crippen molar-refractivity contribution in [2.24, 2.45) is 0 Å². The van der Waals surface area contributed by atoms with Gasteiger partial charge in [0.25, 0.3) is 0 Å². The van der Waals surface area contributed by atoms with Gasteiger partial charge in [0.15, 0.2) is 0 Å². The zero-order chi connectivity index (χ0) is 13.9. The smallest absolute Gasteiger partial charge is 0.0196 e. The molecule has 0 spiro atoms. The minimum Gasteiger partial charge on any atom is -0.677 e. The Bertz CT molecular complexity index is 402. The average Bonchev–Trinajstić information content (AvgIpc) is 2.47. The molecule has 104 valence electrons. The molecule has 19 heavy (non-hydrogen) atoms. The third-order valence-corrected chi connectivity index (χ3v) is 4.98. The van der Waals surface area contributed by atoms with Crippen molar-refractivity contribution in [1.82, 2.24) is 0 Å². The first-order chi connectivity index (χ1) is 9.33. The largest absolute Gasteiger partial charge is 0.677 e. The van der Waals surface area contributed by atoms with Crippen LogP contribution in [0.2, 0.25) is 0 Å². The van der Waals surface area contributed by atoms with E-state index in [4.69, 9.17) is 25.1 Å². The molecule has 0 heterocycles. The number of rotatable bonds is 4. The molecule has 1 N–H and O–H groups in total. The summed E-state index contributed by atoms with van der Waals surface area (Å²) in [4.78, 5) is 0. The number of hydrogen-bond acceptors (Lipinski definition) is 0. The number of hydrogen-bond donors (Lipinski definition) is 0. The number of halogens is 2. The van der Waals surface area contributed by atoms with Crippen molar-refractivity contribution in [3.05, 3.63) is 66.4 Å². The van der Waals surface area contributed by atoms with E-state index < -0.39 is 0 Å². The summed E-state index contributed by atoms with van der Waals surface area (Å²) in [5.74, 6) is 0. The predicted octanol–water partition coefficient (Wildman–Crippen LogP) is 4.55. The van der Waals surface area contributed by atoms with Gasteiger partial charge in [-0.15, -0.1) is 6.54 Å². The molecule has 0 amide bonds. The van der Waals surface area contributed by atoms with E-state index in [2.05, 4.69) is 48.5 Å². The topological polar surface area (TPSA) is 23.8 Å². The molecule has 0 bridgehead atoms. The van der Waals surface area contributed by atoms with Gasteiger partial charge in [0, 0.05) is 0 Å². The minimum absolute atomic E-state index is 0.338. The maximum Gasteiger partial charge on any atom is -0.0196 e. The molecule has 2 aromatic carbocycles. The van der Waals surface area contributed by atoms with E-state index in [1.165, 1.54) is 10.6 Å². The maximum atomic E-state index is 7.45. The Morgan fingerprint density at radius 1 is 0.842 bits per heavy atom. The molecular weight excluding hydrogens is 385 g/mol. The van der Waals surface area contributed by atoms with E-state index in [0.29, 0.717) is 6.54 Å². The zero-order valence-electron chi connectivity index (χ0n) is 10.2. The maximum absolute atomic E-state index is 7.45. The third-order valence-electron chi connectivity index (χ3n) is 2.47. The second-order valence-electron chi connectivity index (χ2n) is 3.62. The first-order valence-corrected chi connectivity index (χ1v) is 11.7. The summed E-state index contributed by atoms with van der Waals surface area (Å²) >= 11 is -0.346. The van der Waals surface area contributed by atoms with Gasteiger partial charge in [0.05, 0.1) is 0 Å². The Morgan fingerprint density at radius 2 is 1.21 bits per heavy atom. The molecule has 0 saturated carbocycles. The monoisotopic (exact) mass is 400 g/mol. The summed E-state index contributed by atoms with van der Waals surface area (Å²) in [5.41, 5.74) is 7.45. The first-order valence-electron chi connectivity index (χ1n) is 5.71. The molecule has 0 radical (unpaired) electrons. The first kappa shape index (κ1) is 17.1. The van der Waals surface area contributed by atoms with Crippen molar-refractivity contribution in [3.63, 3.8) is 0 Å². The fourth-order valence-corrected chi connectivity index (χ4v) is 3.84. The SMILES string of the molecule is [Cl][Ru][Cl].[NH-]CCP(c1ccccc1)c1ccccc1. The van der Waals surface area contributed by atoms with Crippen molar-refractivity contribution in [2.45, 2.75) is 0 Å². The van der Waals surface area contributed by atoms with Crippen LogP contribution in [0.3, 0.4) is 0 Å². The Balaban J connectivity index is 0.000000550. The molecule has 1 nitrogen and oxygen atoms in total. The summed E-state index contributed by atoms with van der Waals surface area (Å²) in [7, 11) is 9.37. The predicted molar refractivity (Wildman–Crippen MR) is 84.8 cm³/mol.